The Bertz CT molecular complexity index is 975. The molecule has 0 radical (unpaired) electrons. The monoisotopic (exact) mass is 460 g/mol. The van der Waals surface area contributed by atoms with E-state index in [1.165, 1.54) is 24.8 Å². The Morgan fingerprint density at radius 3 is 2.50 bits per heavy atom. The Kier molecular flexibility index (Phi) is 8.02. The van der Waals surface area contributed by atoms with E-state index < -0.39 is 10.8 Å². The standard InChI is InChI=1S/C22H25ClN4O5/c1-32-20-7-4-16(12-19(20)27(30)31)22(29)24-13-21(28)25-18-8-10-26(11-9-18)14-15-2-5-17(23)6-3-15/h2-7,12,18H,8-11,13-14H2,1H3,(H,24,29)(H,25,28). The van der Waals surface area contributed by atoms with Crippen LogP contribution in [0, 0.1) is 10.1 Å². The van der Waals surface area contributed by atoms with E-state index in [0.717, 1.165) is 38.5 Å². The van der Waals surface area contributed by atoms with Crippen LogP contribution in [-0.4, -0.2) is 54.4 Å². The van der Waals surface area contributed by atoms with Crippen molar-refractivity contribution in [3.8, 4) is 5.75 Å². The van der Waals surface area contributed by atoms with Crippen LogP contribution in [0.15, 0.2) is 42.5 Å². The fourth-order valence-corrected chi connectivity index (χ4v) is 3.72. The number of amides is 2. The van der Waals surface area contributed by atoms with Crippen molar-refractivity contribution in [2.24, 2.45) is 0 Å². The molecule has 1 saturated heterocycles. The summed E-state index contributed by atoms with van der Waals surface area (Å²) < 4.78 is 4.92. The SMILES string of the molecule is COc1ccc(C(=O)NCC(=O)NC2CCN(Cc3ccc(Cl)cc3)CC2)cc1[N+](=O)[O-]. The van der Waals surface area contributed by atoms with Gasteiger partial charge >= 0.3 is 5.69 Å². The van der Waals surface area contributed by atoms with Crippen LogP contribution in [0.4, 0.5) is 5.69 Å². The molecule has 1 fully saturated rings. The summed E-state index contributed by atoms with van der Waals surface area (Å²) in [4.78, 5) is 37.3. The van der Waals surface area contributed by atoms with Gasteiger partial charge in [0.05, 0.1) is 18.6 Å². The van der Waals surface area contributed by atoms with Crippen LogP contribution in [-0.2, 0) is 11.3 Å². The Morgan fingerprint density at radius 1 is 1.19 bits per heavy atom. The van der Waals surface area contributed by atoms with Crippen molar-refractivity contribution in [3.05, 3.63) is 68.7 Å². The molecule has 2 aromatic carbocycles. The van der Waals surface area contributed by atoms with Crippen molar-refractivity contribution in [1.29, 1.82) is 0 Å². The number of nitrogens with one attached hydrogen (secondary N) is 2. The molecule has 1 aliphatic heterocycles. The van der Waals surface area contributed by atoms with Gasteiger partial charge < -0.3 is 15.4 Å². The van der Waals surface area contributed by atoms with E-state index in [4.69, 9.17) is 16.3 Å². The second kappa shape index (κ2) is 10.9. The fraction of sp³-hybridized carbons (Fsp3) is 0.364. The zero-order valence-electron chi connectivity index (χ0n) is 17.7. The van der Waals surface area contributed by atoms with Crippen LogP contribution in [0.25, 0.3) is 0 Å². The number of hydrogen-bond donors (Lipinski definition) is 2. The molecule has 32 heavy (non-hydrogen) atoms. The highest BCUT2D eigenvalue weighted by Crippen LogP contribution is 2.27. The second-order valence-electron chi connectivity index (χ2n) is 7.57. The minimum Gasteiger partial charge on any atom is -0.490 e. The molecule has 1 heterocycles. The lowest BCUT2D eigenvalue weighted by atomic mass is 10.0. The van der Waals surface area contributed by atoms with E-state index in [2.05, 4.69) is 15.5 Å². The summed E-state index contributed by atoms with van der Waals surface area (Å²) in [5.41, 5.74) is 0.967. The predicted molar refractivity (Wildman–Crippen MR) is 120 cm³/mol. The third-order valence-corrected chi connectivity index (χ3v) is 5.57. The number of benzene rings is 2. The molecule has 2 N–H and O–H groups in total. The third kappa shape index (κ3) is 6.41. The zero-order valence-corrected chi connectivity index (χ0v) is 18.4. The number of rotatable bonds is 8. The van der Waals surface area contributed by atoms with Crippen molar-refractivity contribution >= 4 is 29.1 Å². The maximum atomic E-state index is 12.3. The summed E-state index contributed by atoms with van der Waals surface area (Å²) in [7, 11) is 1.31. The summed E-state index contributed by atoms with van der Waals surface area (Å²) >= 11 is 5.92. The van der Waals surface area contributed by atoms with Gasteiger partial charge in [-0.05, 0) is 42.7 Å². The maximum Gasteiger partial charge on any atom is 0.311 e. The lowest BCUT2D eigenvalue weighted by Gasteiger charge is -2.32. The van der Waals surface area contributed by atoms with Gasteiger partial charge in [0.25, 0.3) is 5.91 Å². The largest absolute Gasteiger partial charge is 0.490 e. The molecule has 0 aliphatic carbocycles. The van der Waals surface area contributed by atoms with Gasteiger partial charge in [-0.3, -0.25) is 24.6 Å². The number of halogens is 1. The summed E-state index contributed by atoms with van der Waals surface area (Å²) in [5.74, 6) is -0.798. The topological polar surface area (TPSA) is 114 Å². The average molecular weight is 461 g/mol. The molecule has 2 aromatic rings. The average Bonchev–Trinajstić information content (AvgIpc) is 2.79. The number of methoxy groups -OCH3 is 1. The summed E-state index contributed by atoms with van der Waals surface area (Å²) in [6.45, 7) is 2.34. The van der Waals surface area contributed by atoms with E-state index in [0.29, 0.717) is 5.02 Å². The molecule has 1 aliphatic rings. The lowest BCUT2D eigenvalue weighted by Crippen LogP contribution is -2.47. The molecule has 0 saturated carbocycles. The summed E-state index contributed by atoms with van der Waals surface area (Å²) in [6, 6.07) is 11.7. The Labute approximate surface area is 190 Å². The zero-order chi connectivity index (χ0) is 23.1. The van der Waals surface area contributed by atoms with Gasteiger partial charge in [-0.25, -0.2) is 0 Å². The highest BCUT2D eigenvalue weighted by molar-refractivity contribution is 6.30. The number of likely N-dealkylation sites (tertiary alicyclic amines) is 1. The highest BCUT2D eigenvalue weighted by atomic mass is 35.5. The van der Waals surface area contributed by atoms with Crippen LogP contribution in [0.3, 0.4) is 0 Å². The quantitative estimate of drug-likeness (QED) is 0.462. The summed E-state index contributed by atoms with van der Waals surface area (Å²) in [5, 5.41) is 17.3. The number of nitro benzene ring substituents is 1. The number of nitro groups is 1. The van der Waals surface area contributed by atoms with E-state index in [9.17, 15) is 19.7 Å². The molecule has 0 spiro atoms. The van der Waals surface area contributed by atoms with Gasteiger partial charge in [0.15, 0.2) is 5.75 Å². The van der Waals surface area contributed by atoms with Crippen molar-refractivity contribution in [2.45, 2.75) is 25.4 Å². The Balaban J connectivity index is 1.42. The van der Waals surface area contributed by atoms with Crippen molar-refractivity contribution in [2.75, 3.05) is 26.7 Å². The van der Waals surface area contributed by atoms with Crippen LogP contribution in [0.1, 0.15) is 28.8 Å². The van der Waals surface area contributed by atoms with Gasteiger partial charge in [-0.2, -0.15) is 0 Å². The van der Waals surface area contributed by atoms with Crippen LogP contribution >= 0.6 is 11.6 Å². The number of hydrogen-bond acceptors (Lipinski definition) is 6. The van der Waals surface area contributed by atoms with E-state index in [-0.39, 0.29) is 35.5 Å². The molecule has 0 atom stereocenters. The Morgan fingerprint density at radius 2 is 1.88 bits per heavy atom. The lowest BCUT2D eigenvalue weighted by molar-refractivity contribution is -0.385. The number of ether oxygens (including phenoxy) is 1. The van der Waals surface area contributed by atoms with Crippen molar-refractivity contribution in [1.82, 2.24) is 15.5 Å². The molecule has 3 rings (SSSR count). The van der Waals surface area contributed by atoms with Crippen molar-refractivity contribution < 1.29 is 19.2 Å². The molecule has 0 aromatic heterocycles. The summed E-state index contributed by atoms with van der Waals surface area (Å²) in [6.07, 6.45) is 1.63. The first-order valence-electron chi connectivity index (χ1n) is 10.2. The van der Waals surface area contributed by atoms with E-state index in [1.807, 2.05) is 24.3 Å². The van der Waals surface area contributed by atoms with Gasteiger partial charge in [0.1, 0.15) is 0 Å². The number of nitrogens with zero attached hydrogens (tertiary/aromatic N) is 2. The second-order valence-corrected chi connectivity index (χ2v) is 8.01. The van der Waals surface area contributed by atoms with E-state index in [1.54, 1.807) is 0 Å². The first-order valence-corrected chi connectivity index (χ1v) is 10.6. The molecule has 10 heteroatoms. The first-order chi connectivity index (χ1) is 15.4. The molecule has 170 valence electrons. The van der Waals surface area contributed by atoms with Crippen LogP contribution < -0.4 is 15.4 Å². The Hall–Kier alpha value is -3.17. The van der Waals surface area contributed by atoms with Gasteiger partial charge in [0.2, 0.25) is 5.91 Å². The normalized spacial score (nSPS) is 14.6. The third-order valence-electron chi connectivity index (χ3n) is 5.32. The van der Waals surface area contributed by atoms with Crippen molar-refractivity contribution in [3.63, 3.8) is 0 Å². The number of carbonyl (C=O) groups excluding carboxylic acids is 2. The van der Waals surface area contributed by atoms with Crippen LogP contribution in [0.5, 0.6) is 5.75 Å². The van der Waals surface area contributed by atoms with Gasteiger partial charge in [0, 0.05) is 42.3 Å². The highest BCUT2D eigenvalue weighted by Gasteiger charge is 2.22. The first kappa shape index (κ1) is 23.5. The minimum absolute atomic E-state index is 0.0444. The van der Waals surface area contributed by atoms with Crippen LogP contribution in [0.2, 0.25) is 5.02 Å². The molecular formula is C22H25ClN4O5. The van der Waals surface area contributed by atoms with Gasteiger partial charge in [-0.15, -0.1) is 0 Å². The molecule has 2 amide bonds. The molecular weight excluding hydrogens is 436 g/mol. The van der Waals surface area contributed by atoms with E-state index >= 15 is 0 Å². The van der Waals surface area contributed by atoms with Gasteiger partial charge in [-0.1, -0.05) is 23.7 Å². The predicted octanol–water partition coefficient (Wildman–Crippen LogP) is 2.77. The smallest absolute Gasteiger partial charge is 0.311 e. The fourth-order valence-electron chi connectivity index (χ4n) is 3.60. The number of piperidine rings is 1. The maximum absolute atomic E-state index is 12.3. The molecule has 0 bridgehead atoms. The number of carbonyl (C=O) groups is 2. The minimum atomic E-state index is -0.623. The molecule has 9 nitrogen and oxygen atoms in total. The molecule has 0 unspecified atom stereocenters.